The third kappa shape index (κ3) is 2.47. The molecule has 1 atom stereocenters. The molecule has 98 valence electrons. The van der Waals surface area contributed by atoms with Crippen LogP contribution in [0.25, 0.3) is 0 Å². The number of benzene rings is 1. The third-order valence-electron chi connectivity index (χ3n) is 3.86. The Morgan fingerprint density at radius 2 is 2.00 bits per heavy atom. The van der Waals surface area contributed by atoms with Gasteiger partial charge in [-0.15, -0.1) is 0 Å². The van der Waals surface area contributed by atoms with Gasteiger partial charge in [0, 0.05) is 18.8 Å². The van der Waals surface area contributed by atoms with Gasteiger partial charge in [0.15, 0.2) is 0 Å². The van der Waals surface area contributed by atoms with Gasteiger partial charge >= 0.3 is 5.97 Å². The van der Waals surface area contributed by atoms with E-state index in [4.69, 9.17) is 0 Å². The van der Waals surface area contributed by atoms with Crippen molar-refractivity contribution in [3.8, 4) is 0 Å². The van der Waals surface area contributed by atoms with Crippen molar-refractivity contribution >= 4 is 11.7 Å². The lowest BCUT2D eigenvalue weighted by Gasteiger charge is -2.42. The normalized spacial score (nSPS) is 22.8. The van der Waals surface area contributed by atoms with Crippen LogP contribution in [0.1, 0.15) is 20.3 Å². The minimum absolute atomic E-state index is 0.192. The molecule has 0 aromatic heterocycles. The van der Waals surface area contributed by atoms with Crippen LogP contribution in [0.2, 0.25) is 0 Å². The Bertz CT molecular complexity index is 442. The number of carbonyl (C=O) groups is 1. The van der Waals surface area contributed by atoms with Crippen LogP contribution < -0.4 is 4.90 Å². The van der Waals surface area contributed by atoms with E-state index >= 15 is 0 Å². The second-order valence-corrected chi connectivity index (χ2v) is 5.55. The highest BCUT2D eigenvalue weighted by Crippen LogP contribution is 2.37. The van der Waals surface area contributed by atoms with Gasteiger partial charge in [0.2, 0.25) is 0 Å². The van der Waals surface area contributed by atoms with Crippen LogP contribution in [0.4, 0.5) is 10.1 Å². The van der Waals surface area contributed by atoms with Crippen LogP contribution in [0.5, 0.6) is 0 Å². The molecule has 18 heavy (non-hydrogen) atoms. The van der Waals surface area contributed by atoms with Gasteiger partial charge in [-0.1, -0.05) is 13.8 Å². The van der Waals surface area contributed by atoms with Crippen molar-refractivity contribution in [1.29, 1.82) is 0 Å². The third-order valence-corrected chi connectivity index (χ3v) is 3.86. The van der Waals surface area contributed by atoms with Crippen LogP contribution in [0.3, 0.4) is 0 Å². The zero-order valence-electron chi connectivity index (χ0n) is 10.7. The van der Waals surface area contributed by atoms with Gasteiger partial charge in [0.05, 0.1) is 5.92 Å². The molecule has 1 aromatic carbocycles. The van der Waals surface area contributed by atoms with E-state index in [1.807, 2.05) is 18.7 Å². The van der Waals surface area contributed by atoms with Gasteiger partial charge in [-0.05, 0) is 36.1 Å². The smallest absolute Gasteiger partial charge is 0.308 e. The number of halogens is 1. The van der Waals surface area contributed by atoms with Gasteiger partial charge in [-0.25, -0.2) is 4.39 Å². The van der Waals surface area contributed by atoms with Crippen LogP contribution in [0.15, 0.2) is 24.3 Å². The van der Waals surface area contributed by atoms with Crippen molar-refractivity contribution in [3.05, 3.63) is 30.1 Å². The Hall–Kier alpha value is -1.58. The average molecular weight is 251 g/mol. The molecule has 1 fully saturated rings. The second-order valence-electron chi connectivity index (χ2n) is 5.55. The molecular weight excluding hydrogens is 233 g/mol. The summed E-state index contributed by atoms with van der Waals surface area (Å²) in [5, 5.41) is 9.30. The summed E-state index contributed by atoms with van der Waals surface area (Å²) in [7, 11) is 0. The fourth-order valence-corrected chi connectivity index (χ4v) is 2.45. The molecule has 0 saturated carbocycles. The summed E-state index contributed by atoms with van der Waals surface area (Å²) < 4.78 is 12.9. The number of hydrogen-bond donors (Lipinski definition) is 1. The van der Waals surface area contributed by atoms with Gasteiger partial charge in [0.25, 0.3) is 0 Å². The largest absolute Gasteiger partial charge is 0.481 e. The van der Waals surface area contributed by atoms with E-state index in [1.165, 1.54) is 12.1 Å². The average Bonchev–Trinajstić information content (AvgIpc) is 2.29. The van der Waals surface area contributed by atoms with Crippen molar-refractivity contribution in [1.82, 2.24) is 0 Å². The van der Waals surface area contributed by atoms with Crippen LogP contribution in [0, 0.1) is 17.2 Å². The molecule has 0 aliphatic carbocycles. The minimum Gasteiger partial charge on any atom is -0.481 e. The van der Waals surface area contributed by atoms with Crippen LogP contribution in [-0.4, -0.2) is 24.2 Å². The Morgan fingerprint density at radius 3 is 2.56 bits per heavy atom. The number of carboxylic acid groups (broad SMARTS) is 1. The van der Waals surface area contributed by atoms with Gasteiger partial charge in [0.1, 0.15) is 5.82 Å². The molecule has 1 N–H and O–H groups in total. The van der Waals surface area contributed by atoms with E-state index in [-0.39, 0.29) is 11.2 Å². The van der Waals surface area contributed by atoms with Crippen molar-refractivity contribution in [3.63, 3.8) is 0 Å². The predicted molar refractivity (Wildman–Crippen MR) is 68.1 cm³/mol. The molecule has 1 heterocycles. The first-order valence-corrected chi connectivity index (χ1v) is 6.13. The molecule has 1 aliphatic heterocycles. The molecule has 4 heteroatoms. The molecule has 0 amide bonds. The number of nitrogens with zero attached hydrogens (tertiary/aromatic N) is 1. The maximum atomic E-state index is 12.9. The second kappa shape index (κ2) is 4.59. The fourth-order valence-electron chi connectivity index (χ4n) is 2.45. The molecule has 1 unspecified atom stereocenters. The lowest BCUT2D eigenvalue weighted by Crippen LogP contribution is -2.48. The standard InChI is InChI=1S/C14H18FNO2/c1-14(2)7-8-16(9-12(14)13(17)18)11-5-3-10(15)4-6-11/h3-6,12H,7-9H2,1-2H3,(H,17,18). The number of rotatable bonds is 2. The van der Waals surface area contributed by atoms with Gasteiger partial charge in [-0.2, -0.15) is 0 Å². The van der Waals surface area contributed by atoms with E-state index in [9.17, 15) is 14.3 Å². The lowest BCUT2D eigenvalue weighted by molar-refractivity contribution is -0.146. The number of hydrogen-bond acceptors (Lipinski definition) is 2. The maximum absolute atomic E-state index is 12.9. The number of aliphatic carboxylic acids is 1. The lowest BCUT2D eigenvalue weighted by atomic mass is 9.73. The first-order valence-electron chi connectivity index (χ1n) is 6.13. The number of piperidine rings is 1. The highest BCUT2D eigenvalue weighted by Gasteiger charge is 2.40. The molecule has 3 nitrogen and oxygen atoms in total. The summed E-state index contributed by atoms with van der Waals surface area (Å²) in [6.45, 7) is 5.28. The molecule has 1 aromatic rings. The summed E-state index contributed by atoms with van der Waals surface area (Å²) in [5.41, 5.74) is 0.695. The van der Waals surface area contributed by atoms with E-state index in [0.717, 1.165) is 18.7 Å². The molecule has 1 aliphatic rings. The Labute approximate surface area is 106 Å². The molecule has 0 bridgehead atoms. The van der Waals surface area contributed by atoms with Crippen LogP contribution >= 0.6 is 0 Å². The molecule has 1 saturated heterocycles. The quantitative estimate of drug-likeness (QED) is 0.878. The first kappa shape index (κ1) is 12.9. The molecule has 0 radical (unpaired) electrons. The van der Waals surface area contributed by atoms with E-state index in [1.54, 1.807) is 12.1 Å². The monoisotopic (exact) mass is 251 g/mol. The fraction of sp³-hybridized carbons (Fsp3) is 0.500. The SMILES string of the molecule is CC1(C)CCN(c2ccc(F)cc2)CC1C(=O)O. The Morgan fingerprint density at radius 1 is 1.39 bits per heavy atom. The predicted octanol–water partition coefficient (Wildman–Crippen LogP) is 2.76. The zero-order valence-corrected chi connectivity index (χ0v) is 10.7. The summed E-state index contributed by atoms with van der Waals surface area (Å²) in [5.74, 6) is -1.42. The zero-order chi connectivity index (χ0) is 13.3. The number of anilines is 1. The summed E-state index contributed by atoms with van der Waals surface area (Å²) in [6.07, 6.45) is 0.821. The highest BCUT2D eigenvalue weighted by atomic mass is 19.1. The van der Waals surface area contributed by atoms with Gasteiger partial charge < -0.3 is 10.0 Å². The van der Waals surface area contributed by atoms with Crippen molar-refractivity contribution in [2.45, 2.75) is 20.3 Å². The van der Waals surface area contributed by atoms with E-state index in [2.05, 4.69) is 0 Å². The Kier molecular flexibility index (Phi) is 3.28. The minimum atomic E-state index is -0.758. The van der Waals surface area contributed by atoms with Crippen molar-refractivity contribution < 1.29 is 14.3 Å². The van der Waals surface area contributed by atoms with Crippen LogP contribution in [-0.2, 0) is 4.79 Å². The highest BCUT2D eigenvalue weighted by molar-refractivity contribution is 5.72. The summed E-state index contributed by atoms with van der Waals surface area (Å²) in [4.78, 5) is 13.3. The molecular formula is C14H18FNO2. The van der Waals surface area contributed by atoms with E-state index in [0.29, 0.717) is 6.54 Å². The summed E-state index contributed by atoms with van der Waals surface area (Å²) in [6, 6.07) is 6.22. The number of carboxylic acids is 1. The summed E-state index contributed by atoms with van der Waals surface area (Å²) >= 11 is 0. The van der Waals surface area contributed by atoms with Gasteiger partial charge in [-0.3, -0.25) is 4.79 Å². The molecule has 0 spiro atoms. The molecule has 2 rings (SSSR count). The van der Waals surface area contributed by atoms with Crippen molar-refractivity contribution in [2.24, 2.45) is 11.3 Å². The topological polar surface area (TPSA) is 40.5 Å². The van der Waals surface area contributed by atoms with E-state index < -0.39 is 11.9 Å². The Balaban J connectivity index is 2.18. The maximum Gasteiger partial charge on any atom is 0.308 e. The first-order chi connectivity index (χ1) is 8.40. The van der Waals surface area contributed by atoms with Crippen molar-refractivity contribution in [2.75, 3.05) is 18.0 Å².